The van der Waals surface area contributed by atoms with Crippen LogP contribution in [-0.4, -0.2) is 5.91 Å². The van der Waals surface area contributed by atoms with Crippen molar-refractivity contribution >= 4 is 23.2 Å². The number of halogens is 1. The van der Waals surface area contributed by atoms with Gasteiger partial charge in [0, 0.05) is 0 Å². The van der Waals surface area contributed by atoms with Crippen molar-refractivity contribution in [1.82, 2.24) is 0 Å². The third-order valence-corrected chi connectivity index (χ3v) is 2.55. The molecule has 0 aliphatic rings. The molecule has 0 saturated heterocycles. The Labute approximate surface area is 100 Å². The zero-order valence-corrected chi connectivity index (χ0v) is 9.95. The Kier molecular flexibility index (Phi) is 4.33. The van der Waals surface area contributed by atoms with E-state index >= 15 is 0 Å². The highest BCUT2D eigenvalue weighted by molar-refractivity contribution is 6.33. The predicted molar refractivity (Wildman–Crippen MR) is 64.0 cm³/mol. The molecule has 0 heterocycles. The Hall–Kier alpha value is -1.53. The lowest BCUT2D eigenvalue weighted by atomic mass is 9.96. The van der Waals surface area contributed by atoms with E-state index in [1.54, 1.807) is 24.3 Å². The quantitative estimate of drug-likeness (QED) is 0.877. The van der Waals surface area contributed by atoms with Gasteiger partial charge in [-0.25, -0.2) is 0 Å². The minimum Gasteiger partial charge on any atom is -0.324 e. The fourth-order valence-corrected chi connectivity index (χ4v) is 1.47. The van der Waals surface area contributed by atoms with Gasteiger partial charge in [-0.2, -0.15) is 5.26 Å². The Morgan fingerprint density at radius 1 is 1.44 bits per heavy atom. The number of rotatable bonds is 3. The highest BCUT2D eigenvalue weighted by Gasteiger charge is 2.21. The third-order valence-electron chi connectivity index (χ3n) is 2.22. The van der Waals surface area contributed by atoms with E-state index in [1.165, 1.54) is 0 Å². The Morgan fingerprint density at radius 2 is 2.06 bits per heavy atom. The smallest absolute Gasteiger partial charge is 0.242 e. The van der Waals surface area contributed by atoms with Crippen LogP contribution in [0.5, 0.6) is 0 Å². The van der Waals surface area contributed by atoms with Crippen LogP contribution in [0.15, 0.2) is 24.3 Å². The number of anilines is 1. The van der Waals surface area contributed by atoms with E-state index in [2.05, 4.69) is 5.32 Å². The van der Waals surface area contributed by atoms with Gasteiger partial charge in [0.2, 0.25) is 5.91 Å². The van der Waals surface area contributed by atoms with Crippen LogP contribution in [0.25, 0.3) is 0 Å². The highest BCUT2D eigenvalue weighted by atomic mass is 35.5. The summed E-state index contributed by atoms with van der Waals surface area (Å²) in [6.45, 7) is 3.67. The molecule has 0 spiro atoms. The van der Waals surface area contributed by atoms with Gasteiger partial charge in [0.05, 0.1) is 16.8 Å². The molecule has 1 unspecified atom stereocenters. The lowest BCUT2D eigenvalue weighted by Crippen LogP contribution is -2.25. The van der Waals surface area contributed by atoms with Gasteiger partial charge in [-0.1, -0.05) is 37.6 Å². The summed E-state index contributed by atoms with van der Waals surface area (Å²) in [5, 5.41) is 12.0. The SMILES string of the molecule is CC(C)C(C#N)C(=O)Nc1ccccc1Cl. The zero-order chi connectivity index (χ0) is 12.1. The summed E-state index contributed by atoms with van der Waals surface area (Å²) in [7, 11) is 0. The van der Waals surface area contributed by atoms with Crippen LogP contribution in [0.4, 0.5) is 5.69 Å². The van der Waals surface area contributed by atoms with Crippen LogP contribution in [0.1, 0.15) is 13.8 Å². The predicted octanol–water partition coefficient (Wildman–Crippen LogP) is 3.07. The van der Waals surface area contributed by atoms with Crippen LogP contribution >= 0.6 is 11.6 Å². The number of nitrogens with zero attached hydrogens (tertiary/aromatic N) is 1. The minimum absolute atomic E-state index is 0.0208. The van der Waals surface area contributed by atoms with E-state index in [0.717, 1.165) is 0 Å². The van der Waals surface area contributed by atoms with E-state index in [-0.39, 0.29) is 11.8 Å². The number of nitrogens with one attached hydrogen (secondary N) is 1. The second-order valence-corrected chi connectivity index (χ2v) is 4.23. The molecule has 0 aromatic heterocycles. The number of benzene rings is 1. The van der Waals surface area contributed by atoms with Crippen LogP contribution in [0.3, 0.4) is 0 Å². The molecule has 16 heavy (non-hydrogen) atoms. The van der Waals surface area contributed by atoms with Crippen molar-refractivity contribution in [1.29, 1.82) is 5.26 Å². The molecule has 0 aliphatic carbocycles. The van der Waals surface area contributed by atoms with Gasteiger partial charge in [-0.05, 0) is 18.1 Å². The number of para-hydroxylation sites is 1. The van der Waals surface area contributed by atoms with E-state index in [1.807, 2.05) is 19.9 Å². The van der Waals surface area contributed by atoms with Gasteiger partial charge in [0.15, 0.2) is 0 Å². The van der Waals surface area contributed by atoms with Gasteiger partial charge in [-0.15, -0.1) is 0 Å². The zero-order valence-electron chi connectivity index (χ0n) is 9.20. The lowest BCUT2D eigenvalue weighted by molar-refractivity contribution is -0.119. The van der Waals surface area contributed by atoms with Crippen molar-refractivity contribution in [2.45, 2.75) is 13.8 Å². The number of carbonyl (C=O) groups excluding carboxylic acids is 1. The summed E-state index contributed by atoms with van der Waals surface area (Å²) in [6.07, 6.45) is 0. The molecule has 0 radical (unpaired) electrons. The van der Waals surface area contributed by atoms with E-state index < -0.39 is 5.92 Å². The number of amides is 1. The molecule has 1 N–H and O–H groups in total. The molecule has 1 rings (SSSR count). The van der Waals surface area contributed by atoms with Gasteiger partial charge >= 0.3 is 0 Å². The average Bonchev–Trinajstić information content (AvgIpc) is 2.22. The fourth-order valence-electron chi connectivity index (χ4n) is 1.28. The maximum absolute atomic E-state index is 11.7. The first-order valence-electron chi connectivity index (χ1n) is 5.01. The largest absolute Gasteiger partial charge is 0.324 e. The number of nitriles is 1. The fraction of sp³-hybridized carbons (Fsp3) is 0.333. The molecule has 0 saturated carbocycles. The van der Waals surface area contributed by atoms with Gasteiger partial charge in [0.1, 0.15) is 5.92 Å². The van der Waals surface area contributed by atoms with E-state index in [4.69, 9.17) is 16.9 Å². The van der Waals surface area contributed by atoms with Crippen molar-refractivity contribution in [3.8, 4) is 6.07 Å². The molecule has 0 fully saturated rings. The summed E-state index contributed by atoms with van der Waals surface area (Å²) >= 11 is 5.90. The number of hydrogen-bond donors (Lipinski definition) is 1. The number of carbonyl (C=O) groups is 1. The average molecular weight is 237 g/mol. The van der Waals surface area contributed by atoms with Crippen LogP contribution in [-0.2, 0) is 4.79 Å². The molecule has 84 valence electrons. The molecule has 1 atom stereocenters. The normalized spacial score (nSPS) is 11.9. The summed E-state index contributed by atoms with van der Waals surface area (Å²) < 4.78 is 0. The van der Waals surface area contributed by atoms with Gasteiger partial charge in [0.25, 0.3) is 0 Å². The summed E-state index contributed by atoms with van der Waals surface area (Å²) in [5.74, 6) is -0.991. The van der Waals surface area contributed by atoms with E-state index in [9.17, 15) is 4.79 Å². The molecular formula is C12H13ClN2O. The molecular weight excluding hydrogens is 224 g/mol. The topological polar surface area (TPSA) is 52.9 Å². The molecule has 1 aromatic rings. The molecule has 1 aromatic carbocycles. The standard InChI is InChI=1S/C12H13ClN2O/c1-8(2)9(7-14)12(16)15-11-6-4-3-5-10(11)13/h3-6,8-9H,1-2H3,(H,15,16). The molecule has 4 heteroatoms. The lowest BCUT2D eigenvalue weighted by Gasteiger charge is -2.13. The molecule has 3 nitrogen and oxygen atoms in total. The first kappa shape index (κ1) is 12.5. The Balaban J connectivity index is 2.79. The molecule has 0 bridgehead atoms. The molecule has 0 aliphatic heterocycles. The van der Waals surface area contributed by atoms with Crippen molar-refractivity contribution in [2.24, 2.45) is 11.8 Å². The summed E-state index contributed by atoms with van der Waals surface area (Å²) in [4.78, 5) is 11.7. The second-order valence-electron chi connectivity index (χ2n) is 3.82. The van der Waals surface area contributed by atoms with Gasteiger partial charge in [-0.3, -0.25) is 4.79 Å². The van der Waals surface area contributed by atoms with Crippen molar-refractivity contribution < 1.29 is 4.79 Å². The third kappa shape index (κ3) is 2.98. The van der Waals surface area contributed by atoms with E-state index in [0.29, 0.717) is 10.7 Å². The maximum Gasteiger partial charge on any atom is 0.242 e. The second kappa shape index (κ2) is 5.53. The minimum atomic E-state index is -0.656. The van der Waals surface area contributed by atoms with Crippen LogP contribution in [0.2, 0.25) is 5.02 Å². The summed E-state index contributed by atoms with van der Waals surface area (Å²) in [6, 6.07) is 8.93. The maximum atomic E-state index is 11.7. The van der Waals surface area contributed by atoms with Crippen LogP contribution in [0, 0.1) is 23.2 Å². The van der Waals surface area contributed by atoms with Crippen LogP contribution < -0.4 is 5.32 Å². The first-order valence-corrected chi connectivity index (χ1v) is 5.39. The Bertz CT molecular complexity index is 423. The first-order chi connectivity index (χ1) is 7.56. The Morgan fingerprint density at radius 3 is 2.56 bits per heavy atom. The summed E-state index contributed by atoms with van der Waals surface area (Å²) in [5.41, 5.74) is 0.537. The van der Waals surface area contributed by atoms with Crippen molar-refractivity contribution in [3.63, 3.8) is 0 Å². The highest BCUT2D eigenvalue weighted by Crippen LogP contribution is 2.22. The monoisotopic (exact) mass is 236 g/mol. The van der Waals surface area contributed by atoms with Crippen molar-refractivity contribution in [3.05, 3.63) is 29.3 Å². The van der Waals surface area contributed by atoms with Gasteiger partial charge < -0.3 is 5.32 Å². The molecule has 1 amide bonds. The van der Waals surface area contributed by atoms with Crippen molar-refractivity contribution in [2.75, 3.05) is 5.32 Å². The number of hydrogen-bond acceptors (Lipinski definition) is 2.